The van der Waals surface area contributed by atoms with Crippen LogP contribution in [0.1, 0.15) is 49.7 Å². The van der Waals surface area contributed by atoms with Crippen molar-refractivity contribution in [3.8, 4) is 0 Å². The summed E-state index contributed by atoms with van der Waals surface area (Å²) < 4.78 is 2.22. The molecule has 0 radical (unpaired) electrons. The molecular formula is C23H28N4OS. The minimum atomic E-state index is -0.0157. The first-order chi connectivity index (χ1) is 14.1. The first kappa shape index (κ1) is 19.9. The molecule has 0 spiro atoms. The van der Waals surface area contributed by atoms with Crippen LogP contribution in [0.25, 0.3) is 0 Å². The second kappa shape index (κ2) is 8.51. The van der Waals surface area contributed by atoms with Gasteiger partial charge < -0.3 is 4.57 Å². The summed E-state index contributed by atoms with van der Waals surface area (Å²) >= 11 is 1.54. The van der Waals surface area contributed by atoms with Crippen molar-refractivity contribution in [3.63, 3.8) is 0 Å². The Hall–Kier alpha value is -2.44. The molecule has 0 N–H and O–H groups in total. The number of rotatable bonds is 6. The van der Waals surface area contributed by atoms with E-state index in [2.05, 4.69) is 59.3 Å². The number of hydrogen-bond donors (Lipinski definition) is 0. The number of benzene rings is 1. The Kier molecular flexibility index (Phi) is 5.83. The van der Waals surface area contributed by atoms with Crippen LogP contribution in [0.3, 0.4) is 0 Å². The van der Waals surface area contributed by atoms with Gasteiger partial charge in [-0.2, -0.15) is 0 Å². The molecule has 6 heteroatoms. The fourth-order valence-electron chi connectivity index (χ4n) is 4.16. The highest BCUT2D eigenvalue weighted by atomic mass is 32.1. The molecule has 1 aromatic carbocycles. The summed E-state index contributed by atoms with van der Waals surface area (Å²) in [5, 5.41) is 2.83. The fourth-order valence-corrected chi connectivity index (χ4v) is 5.04. The standard InChI is InChI=1S/C23H28N4OS/c1-4-18-9-11-20(12-10-18)27(17(2)28)23-24-19(16-29-23)15-26-14-6-8-22(26)21-7-5-13-25(21)3/h5,7,9-13,16,22H,4,6,8,14-15H2,1-3H3. The van der Waals surface area contributed by atoms with Gasteiger partial charge in [-0.1, -0.05) is 19.1 Å². The van der Waals surface area contributed by atoms with E-state index in [1.54, 1.807) is 11.8 Å². The minimum absolute atomic E-state index is 0.0157. The van der Waals surface area contributed by atoms with Crippen molar-refractivity contribution in [2.75, 3.05) is 11.4 Å². The Balaban J connectivity index is 1.53. The smallest absolute Gasteiger partial charge is 0.230 e. The quantitative estimate of drug-likeness (QED) is 0.572. The third-order valence-corrected chi connectivity index (χ3v) is 6.58. The van der Waals surface area contributed by atoms with Crippen LogP contribution in [-0.4, -0.2) is 26.9 Å². The lowest BCUT2D eigenvalue weighted by molar-refractivity contribution is -0.115. The van der Waals surface area contributed by atoms with Crippen LogP contribution in [0.5, 0.6) is 0 Å². The lowest BCUT2D eigenvalue weighted by atomic mass is 10.1. The number of aryl methyl sites for hydroxylation is 2. The number of carbonyl (C=O) groups excluding carboxylic acids is 1. The molecular weight excluding hydrogens is 380 g/mol. The Labute approximate surface area is 176 Å². The predicted molar refractivity (Wildman–Crippen MR) is 119 cm³/mol. The Bertz CT molecular complexity index is 975. The topological polar surface area (TPSA) is 41.4 Å². The Morgan fingerprint density at radius 3 is 2.72 bits per heavy atom. The zero-order valence-corrected chi connectivity index (χ0v) is 18.2. The van der Waals surface area contributed by atoms with Gasteiger partial charge in [0, 0.05) is 37.8 Å². The number of likely N-dealkylation sites (tertiary alicyclic amines) is 1. The largest absolute Gasteiger partial charge is 0.353 e. The van der Waals surface area contributed by atoms with Crippen molar-refractivity contribution in [1.82, 2.24) is 14.5 Å². The molecule has 0 bridgehead atoms. The van der Waals surface area contributed by atoms with Crippen molar-refractivity contribution in [2.45, 2.75) is 45.7 Å². The highest BCUT2D eigenvalue weighted by Gasteiger charge is 2.28. The van der Waals surface area contributed by atoms with E-state index < -0.39 is 0 Å². The van der Waals surface area contributed by atoms with Crippen molar-refractivity contribution in [1.29, 1.82) is 0 Å². The second-order valence-corrected chi connectivity index (χ2v) is 8.50. The van der Waals surface area contributed by atoms with Gasteiger partial charge in [0.1, 0.15) is 0 Å². The predicted octanol–water partition coefficient (Wildman–Crippen LogP) is 5.07. The van der Waals surface area contributed by atoms with Crippen molar-refractivity contribution < 1.29 is 4.79 Å². The van der Waals surface area contributed by atoms with Crippen LogP contribution >= 0.6 is 11.3 Å². The SMILES string of the molecule is CCc1ccc(N(C(C)=O)c2nc(CN3CCCC3c3cccn3C)cs2)cc1. The van der Waals surface area contributed by atoms with E-state index in [1.807, 2.05) is 12.1 Å². The molecule has 3 aromatic rings. The molecule has 1 amide bonds. The average Bonchev–Trinajstić information content (AvgIpc) is 3.44. The molecule has 29 heavy (non-hydrogen) atoms. The van der Waals surface area contributed by atoms with E-state index in [0.717, 1.165) is 36.0 Å². The van der Waals surface area contributed by atoms with Gasteiger partial charge in [-0.05, 0) is 55.6 Å². The maximum Gasteiger partial charge on any atom is 0.230 e. The van der Waals surface area contributed by atoms with Gasteiger partial charge in [-0.3, -0.25) is 14.6 Å². The molecule has 4 rings (SSSR count). The first-order valence-corrected chi connectivity index (χ1v) is 11.1. The third kappa shape index (κ3) is 4.14. The molecule has 1 aliphatic rings. The van der Waals surface area contributed by atoms with Crippen molar-refractivity contribution in [3.05, 3.63) is 64.9 Å². The number of hydrogen-bond acceptors (Lipinski definition) is 4. The average molecular weight is 409 g/mol. The van der Waals surface area contributed by atoms with Crippen molar-refractivity contribution >= 4 is 28.1 Å². The van der Waals surface area contributed by atoms with Crippen LogP contribution in [0, 0.1) is 0 Å². The van der Waals surface area contributed by atoms with E-state index in [1.165, 1.54) is 35.4 Å². The van der Waals surface area contributed by atoms with Gasteiger partial charge >= 0.3 is 0 Å². The summed E-state index contributed by atoms with van der Waals surface area (Å²) in [5.41, 5.74) is 4.53. The van der Waals surface area contributed by atoms with Gasteiger partial charge in [0.25, 0.3) is 0 Å². The van der Waals surface area contributed by atoms with E-state index >= 15 is 0 Å². The molecule has 5 nitrogen and oxygen atoms in total. The zero-order valence-electron chi connectivity index (χ0n) is 17.3. The molecule has 152 valence electrons. The number of anilines is 2. The van der Waals surface area contributed by atoms with E-state index in [4.69, 9.17) is 4.98 Å². The van der Waals surface area contributed by atoms with Crippen molar-refractivity contribution in [2.24, 2.45) is 7.05 Å². The van der Waals surface area contributed by atoms with Gasteiger partial charge in [-0.25, -0.2) is 4.98 Å². The van der Waals surface area contributed by atoms with E-state index in [0.29, 0.717) is 6.04 Å². The monoisotopic (exact) mass is 408 g/mol. The van der Waals surface area contributed by atoms with Gasteiger partial charge in [0.15, 0.2) is 5.13 Å². The molecule has 1 aliphatic heterocycles. The van der Waals surface area contributed by atoms with Crippen LogP contribution in [0.15, 0.2) is 48.0 Å². The summed E-state index contributed by atoms with van der Waals surface area (Å²) in [6, 6.07) is 12.9. The highest BCUT2D eigenvalue weighted by molar-refractivity contribution is 7.14. The first-order valence-electron chi connectivity index (χ1n) is 10.3. The summed E-state index contributed by atoms with van der Waals surface area (Å²) in [7, 11) is 2.11. The number of aromatic nitrogens is 2. The molecule has 1 unspecified atom stereocenters. The van der Waals surface area contributed by atoms with Gasteiger partial charge in [0.2, 0.25) is 5.91 Å². The second-order valence-electron chi connectivity index (χ2n) is 7.67. The highest BCUT2D eigenvalue weighted by Crippen LogP contribution is 2.35. The zero-order chi connectivity index (χ0) is 20.4. The number of carbonyl (C=O) groups is 1. The number of nitrogens with zero attached hydrogens (tertiary/aromatic N) is 4. The molecule has 0 aliphatic carbocycles. The molecule has 3 heterocycles. The Morgan fingerprint density at radius 1 is 1.28 bits per heavy atom. The van der Waals surface area contributed by atoms with Gasteiger partial charge in [0.05, 0.1) is 17.4 Å². The maximum atomic E-state index is 12.4. The lowest BCUT2D eigenvalue weighted by Crippen LogP contribution is -2.25. The van der Waals surface area contributed by atoms with Crippen LogP contribution < -0.4 is 4.90 Å². The summed E-state index contributed by atoms with van der Waals surface area (Å²) in [4.78, 5) is 21.4. The van der Waals surface area contributed by atoms with Crippen LogP contribution in [-0.2, 0) is 24.8 Å². The maximum absolute atomic E-state index is 12.4. The molecule has 2 aromatic heterocycles. The molecule has 1 atom stereocenters. The van der Waals surface area contributed by atoms with Crippen LogP contribution in [0.4, 0.5) is 10.8 Å². The lowest BCUT2D eigenvalue weighted by Gasteiger charge is -2.24. The Morgan fingerprint density at radius 2 is 2.07 bits per heavy atom. The van der Waals surface area contributed by atoms with Gasteiger partial charge in [-0.15, -0.1) is 11.3 Å². The normalized spacial score (nSPS) is 17.0. The summed E-state index contributed by atoms with van der Waals surface area (Å²) in [5.74, 6) is -0.0157. The number of thiazole rings is 1. The summed E-state index contributed by atoms with van der Waals surface area (Å²) in [6.07, 6.45) is 5.48. The van der Waals surface area contributed by atoms with E-state index in [9.17, 15) is 4.79 Å². The molecule has 1 fully saturated rings. The fraction of sp³-hybridized carbons (Fsp3) is 0.391. The molecule has 1 saturated heterocycles. The van der Waals surface area contributed by atoms with Crippen LogP contribution in [0.2, 0.25) is 0 Å². The summed E-state index contributed by atoms with van der Waals surface area (Å²) in [6.45, 7) is 5.62. The number of amides is 1. The third-order valence-electron chi connectivity index (χ3n) is 5.70. The minimum Gasteiger partial charge on any atom is -0.353 e. The molecule has 0 saturated carbocycles. The van der Waals surface area contributed by atoms with E-state index in [-0.39, 0.29) is 5.91 Å².